The first-order chi connectivity index (χ1) is 13.4. The minimum Gasteiger partial charge on any atom is -0.390 e. The van der Waals surface area contributed by atoms with E-state index in [0.29, 0.717) is 41.5 Å². The summed E-state index contributed by atoms with van der Waals surface area (Å²) in [4.78, 5) is 27.4. The quantitative estimate of drug-likeness (QED) is 0.591. The molecule has 0 saturated carbocycles. The highest BCUT2D eigenvalue weighted by atomic mass is 32.1. The maximum absolute atomic E-state index is 13.5. The number of carbonyl (C=O) groups excluding carboxylic acids is 1. The Morgan fingerprint density at radius 3 is 2.54 bits per heavy atom. The third kappa shape index (κ3) is 3.29. The molecule has 3 N–H and O–H groups in total. The zero-order valence-electron chi connectivity index (χ0n) is 15.5. The van der Waals surface area contributed by atoms with Crippen molar-refractivity contribution in [2.75, 3.05) is 13.1 Å². The molecule has 1 fully saturated rings. The van der Waals surface area contributed by atoms with Gasteiger partial charge >= 0.3 is 0 Å². The monoisotopic (exact) mass is 398 g/mol. The molecule has 1 aliphatic heterocycles. The molecule has 3 aromatic rings. The minimum atomic E-state index is -0.743. The van der Waals surface area contributed by atoms with E-state index in [1.807, 2.05) is 30.3 Å². The molecule has 4 rings (SSSR count). The van der Waals surface area contributed by atoms with E-state index in [0.717, 1.165) is 5.56 Å². The van der Waals surface area contributed by atoms with Crippen LogP contribution < -0.4 is 5.56 Å². The third-order valence-corrected chi connectivity index (χ3v) is 5.85. The van der Waals surface area contributed by atoms with Gasteiger partial charge in [-0.1, -0.05) is 42.5 Å². The number of nitrogens with zero attached hydrogens (tertiary/aromatic N) is 2. The number of hydrogen-bond donors (Lipinski definition) is 3. The molecular weight excluding hydrogens is 376 g/mol. The molecule has 0 spiro atoms. The number of carbonyl (C=O) groups is 1. The highest BCUT2D eigenvalue weighted by Crippen LogP contribution is 2.27. The maximum atomic E-state index is 13.5. The van der Waals surface area contributed by atoms with Crippen molar-refractivity contribution in [3.63, 3.8) is 0 Å². The van der Waals surface area contributed by atoms with Crippen LogP contribution in [0.1, 0.15) is 31.4 Å². The number of likely N-dealkylation sites (tertiary alicyclic amines) is 1. The Kier molecular flexibility index (Phi) is 4.68. The van der Waals surface area contributed by atoms with Gasteiger partial charge in [0.25, 0.3) is 5.56 Å². The van der Waals surface area contributed by atoms with E-state index >= 15 is 0 Å². The van der Waals surface area contributed by atoms with Crippen molar-refractivity contribution in [1.29, 1.82) is 0 Å². The molecule has 1 amide bonds. The molecule has 1 atom stereocenters. The second kappa shape index (κ2) is 7.03. The molecule has 3 heterocycles. The van der Waals surface area contributed by atoms with E-state index in [1.54, 1.807) is 28.7 Å². The molecular formula is C20H22N4O3S. The zero-order chi connectivity index (χ0) is 19.9. The SMILES string of the molecule is CC1(O)CCN(C(=O)C(c2ccccc2)n2ccc3[nH][nH]c(=O)c3c2=S)CC1. The van der Waals surface area contributed by atoms with Gasteiger partial charge in [0.05, 0.1) is 11.1 Å². The number of aromatic amines is 2. The fourth-order valence-electron chi connectivity index (χ4n) is 3.70. The maximum Gasteiger partial charge on any atom is 0.274 e. The fourth-order valence-corrected chi connectivity index (χ4v) is 4.07. The summed E-state index contributed by atoms with van der Waals surface area (Å²) in [6.07, 6.45) is 2.80. The van der Waals surface area contributed by atoms with Gasteiger partial charge in [0, 0.05) is 19.3 Å². The van der Waals surface area contributed by atoms with Crippen molar-refractivity contribution < 1.29 is 9.90 Å². The standard InChI is InChI=1S/C20H22N4O3S/c1-20(27)8-11-23(12-9-20)18(26)16(13-5-3-2-4-6-13)24-10-7-14-15(19(24)28)17(25)22-21-14/h2-7,10,16,27H,8-9,11-12H2,1H3,(H2,21,22,25). The highest BCUT2D eigenvalue weighted by Gasteiger charge is 2.34. The Morgan fingerprint density at radius 2 is 1.86 bits per heavy atom. The van der Waals surface area contributed by atoms with E-state index in [9.17, 15) is 14.7 Å². The summed E-state index contributed by atoms with van der Waals surface area (Å²) in [5, 5.41) is 15.9. The number of fused-ring (bicyclic) bond motifs is 1. The molecule has 1 saturated heterocycles. The van der Waals surface area contributed by atoms with Gasteiger partial charge in [0.2, 0.25) is 5.91 Å². The lowest BCUT2D eigenvalue weighted by Gasteiger charge is -2.37. The van der Waals surface area contributed by atoms with E-state index < -0.39 is 11.6 Å². The van der Waals surface area contributed by atoms with Crippen LogP contribution in [0.25, 0.3) is 10.9 Å². The molecule has 0 radical (unpaired) electrons. The number of pyridine rings is 1. The predicted octanol–water partition coefficient (Wildman–Crippen LogP) is 2.35. The van der Waals surface area contributed by atoms with Crippen molar-refractivity contribution in [1.82, 2.24) is 19.7 Å². The van der Waals surface area contributed by atoms with Crippen LogP contribution in [-0.4, -0.2) is 49.4 Å². The van der Waals surface area contributed by atoms with Crippen molar-refractivity contribution in [3.8, 4) is 0 Å². The smallest absolute Gasteiger partial charge is 0.274 e. The number of piperidine rings is 1. The summed E-state index contributed by atoms with van der Waals surface area (Å²) >= 11 is 5.58. The Hall–Kier alpha value is -2.71. The van der Waals surface area contributed by atoms with Crippen LogP contribution in [0.2, 0.25) is 0 Å². The molecule has 0 bridgehead atoms. The summed E-state index contributed by atoms with van der Waals surface area (Å²) in [6, 6.07) is 10.5. The lowest BCUT2D eigenvalue weighted by Crippen LogP contribution is -2.47. The zero-order valence-corrected chi connectivity index (χ0v) is 16.3. The number of aromatic nitrogens is 3. The predicted molar refractivity (Wildman–Crippen MR) is 109 cm³/mol. The van der Waals surface area contributed by atoms with E-state index in [-0.39, 0.29) is 11.5 Å². The van der Waals surface area contributed by atoms with Crippen LogP contribution in [0.3, 0.4) is 0 Å². The summed E-state index contributed by atoms with van der Waals surface area (Å²) in [5.41, 5.74) is 0.363. The molecule has 146 valence electrons. The molecule has 1 aliphatic rings. The lowest BCUT2D eigenvalue weighted by molar-refractivity contribution is -0.137. The number of hydrogen-bond acceptors (Lipinski definition) is 4. The van der Waals surface area contributed by atoms with Crippen LogP contribution in [0.4, 0.5) is 0 Å². The van der Waals surface area contributed by atoms with Crippen molar-refractivity contribution in [2.24, 2.45) is 0 Å². The summed E-state index contributed by atoms with van der Waals surface area (Å²) < 4.78 is 2.00. The Bertz CT molecular complexity index is 1120. The summed E-state index contributed by atoms with van der Waals surface area (Å²) in [6.45, 7) is 2.76. The number of H-pyrrole nitrogens is 2. The average Bonchev–Trinajstić information content (AvgIpc) is 3.06. The Balaban J connectivity index is 1.81. The highest BCUT2D eigenvalue weighted by molar-refractivity contribution is 7.71. The minimum absolute atomic E-state index is 0.0934. The average molecular weight is 398 g/mol. The van der Waals surface area contributed by atoms with E-state index in [1.165, 1.54) is 0 Å². The van der Waals surface area contributed by atoms with Gasteiger partial charge in [-0.05, 0) is 31.4 Å². The van der Waals surface area contributed by atoms with Crippen molar-refractivity contribution in [2.45, 2.75) is 31.4 Å². The van der Waals surface area contributed by atoms with Crippen LogP contribution >= 0.6 is 12.2 Å². The summed E-state index contributed by atoms with van der Waals surface area (Å²) in [7, 11) is 0. The van der Waals surface area contributed by atoms with Gasteiger partial charge in [-0.3, -0.25) is 19.8 Å². The number of rotatable bonds is 3. The number of benzene rings is 1. The molecule has 0 aliphatic carbocycles. The second-order valence-corrected chi connectivity index (χ2v) is 7.92. The van der Waals surface area contributed by atoms with Gasteiger partial charge in [-0.15, -0.1) is 0 Å². The lowest BCUT2D eigenvalue weighted by atomic mass is 9.93. The molecule has 8 heteroatoms. The van der Waals surface area contributed by atoms with Crippen LogP contribution in [0, 0.1) is 4.64 Å². The van der Waals surface area contributed by atoms with Crippen LogP contribution in [0.15, 0.2) is 47.4 Å². The van der Waals surface area contributed by atoms with Gasteiger partial charge in [0.15, 0.2) is 0 Å². The first-order valence-corrected chi connectivity index (χ1v) is 9.66. The van der Waals surface area contributed by atoms with E-state index in [2.05, 4.69) is 10.2 Å². The van der Waals surface area contributed by atoms with Crippen molar-refractivity contribution in [3.05, 3.63) is 63.2 Å². The topological polar surface area (TPSA) is 94.1 Å². The third-order valence-electron chi connectivity index (χ3n) is 5.44. The first kappa shape index (κ1) is 18.6. The molecule has 28 heavy (non-hydrogen) atoms. The summed E-state index contributed by atoms with van der Waals surface area (Å²) in [5.74, 6) is -0.0934. The molecule has 1 unspecified atom stereocenters. The van der Waals surface area contributed by atoms with E-state index in [4.69, 9.17) is 12.2 Å². The molecule has 1 aromatic carbocycles. The largest absolute Gasteiger partial charge is 0.390 e. The number of amides is 1. The Labute approximate surface area is 166 Å². The molecule has 7 nitrogen and oxygen atoms in total. The van der Waals surface area contributed by atoms with Crippen molar-refractivity contribution >= 4 is 29.0 Å². The van der Waals surface area contributed by atoms with Gasteiger partial charge in [0.1, 0.15) is 16.1 Å². The van der Waals surface area contributed by atoms with Crippen LogP contribution in [0.5, 0.6) is 0 Å². The fraction of sp³-hybridized carbons (Fsp3) is 0.350. The first-order valence-electron chi connectivity index (χ1n) is 9.25. The van der Waals surface area contributed by atoms with Gasteiger partial charge in [-0.2, -0.15) is 0 Å². The number of aliphatic hydroxyl groups is 1. The normalized spacial score (nSPS) is 17.6. The van der Waals surface area contributed by atoms with Gasteiger partial charge < -0.3 is 14.6 Å². The number of nitrogens with one attached hydrogen (secondary N) is 2. The van der Waals surface area contributed by atoms with Gasteiger partial charge in [-0.25, -0.2) is 0 Å². The Morgan fingerprint density at radius 1 is 1.18 bits per heavy atom. The second-order valence-electron chi connectivity index (χ2n) is 7.53. The molecule has 2 aromatic heterocycles. The van der Waals surface area contributed by atoms with Crippen LogP contribution in [-0.2, 0) is 4.79 Å².